The monoisotopic (exact) mass is 314 g/mol. The highest BCUT2D eigenvalue weighted by molar-refractivity contribution is 6.08. The van der Waals surface area contributed by atoms with Crippen LogP contribution >= 0.6 is 0 Å². The molecular formula is C18H22N2O3. The fraction of sp³-hybridized carbons (Fsp3) is 0.444. The van der Waals surface area contributed by atoms with Crippen molar-refractivity contribution in [3.63, 3.8) is 0 Å². The van der Waals surface area contributed by atoms with Gasteiger partial charge in [0.25, 0.3) is 5.91 Å². The molecule has 0 radical (unpaired) electrons. The first-order valence-corrected chi connectivity index (χ1v) is 8.17. The Bertz CT molecular complexity index is 709. The SMILES string of the molecule is O=C(NC(CCO)CCO)c1c2c(nc3ccccc13)CCC2. The standard InChI is InChI=1S/C18H22N2O3/c21-10-8-12(9-11-22)19-18(23)17-13-4-1-2-6-15(13)20-16-7-3-5-14(16)17/h1-2,4,6,12,21-22H,3,5,7-11H2,(H,19,23). The molecule has 0 unspecified atom stereocenters. The average Bonchev–Trinajstić information content (AvgIpc) is 3.00. The van der Waals surface area contributed by atoms with Gasteiger partial charge < -0.3 is 15.5 Å². The molecule has 0 saturated heterocycles. The van der Waals surface area contributed by atoms with Gasteiger partial charge in [0, 0.05) is 30.3 Å². The van der Waals surface area contributed by atoms with Gasteiger partial charge in [-0.2, -0.15) is 0 Å². The van der Waals surface area contributed by atoms with Crippen molar-refractivity contribution in [1.82, 2.24) is 10.3 Å². The van der Waals surface area contributed by atoms with E-state index in [1.54, 1.807) is 0 Å². The summed E-state index contributed by atoms with van der Waals surface area (Å²) in [6.07, 6.45) is 3.70. The van der Waals surface area contributed by atoms with Gasteiger partial charge in [0.15, 0.2) is 0 Å². The first-order valence-electron chi connectivity index (χ1n) is 8.17. The van der Waals surface area contributed by atoms with Crippen LogP contribution in [0.1, 0.15) is 40.9 Å². The molecule has 1 aliphatic rings. The van der Waals surface area contributed by atoms with Crippen LogP contribution in [0.5, 0.6) is 0 Å². The molecule has 0 saturated carbocycles. The van der Waals surface area contributed by atoms with Gasteiger partial charge in [-0.15, -0.1) is 0 Å². The van der Waals surface area contributed by atoms with Crippen molar-refractivity contribution in [2.75, 3.05) is 13.2 Å². The van der Waals surface area contributed by atoms with E-state index in [-0.39, 0.29) is 25.2 Å². The molecule has 3 rings (SSSR count). The van der Waals surface area contributed by atoms with E-state index in [2.05, 4.69) is 5.32 Å². The molecule has 0 spiro atoms. The largest absolute Gasteiger partial charge is 0.396 e. The molecular weight excluding hydrogens is 292 g/mol. The van der Waals surface area contributed by atoms with Crippen LogP contribution in [-0.4, -0.2) is 40.4 Å². The number of aliphatic hydroxyl groups is 2. The first kappa shape index (κ1) is 15.9. The molecule has 1 aromatic carbocycles. The Hall–Kier alpha value is -1.98. The fourth-order valence-electron chi connectivity index (χ4n) is 3.33. The Morgan fingerprint density at radius 2 is 1.91 bits per heavy atom. The van der Waals surface area contributed by atoms with E-state index >= 15 is 0 Å². The smallest absolute Gasteiger partial charge is 0.252 e. The first-order chi connectivity index (χ1) is 11.2. The molecule has 0 bridgehead atoms. The summed E-state index contributed by atoms with van der Waals surface area (Å²) in [5.41, 5.74) is 3.63. The molecule has 1 amide bonds. The molecule has 5 heteroatoms. The second-order valence-corrected chi connectivity index (χ2v) is 5.98. The number of carbonyl (C=O) groups is 1. The van der Waals surface area contributed by atoms with Gasteiger partial charge in [0.05, 0.1) is 11.1 Å². The summed E-state index contributed by atoms with van der Waals surface area (Å²) in [5.74, 6) is -0.131. The third-order valence-electron chi connectivity index (χ3n) is 4.44. The molecule has 1 aromatic heterocycles. The molecule has 0 fully saturated rings. The van der Waals surface area contributed by atoms with Crippen LogP contribution in [-0.2, 0) is 12.8 Å². The minimum Gasteiger partial charge on any atom is -0.396 e. The van der Waals surface area contributed by atoms with Crippen LogP contribution in [0, 0.1) is 0 Å². The average molecular weight is 314 g/mol. The van der Waals surface area contributed by atoms with Crippen molar-refractivity contribution in [3.8, 4) is 0 Å². The van der Waals surface area contributed by atoms with Crippen LogP contribution in [0.15, 0.2) is 24.3 Å². The summed E-state index contributed by atoms with van der Waals surface area (Å²) in [5, 5.41) is 22.1. The van der Waals surface area contributed by atoms with Gasteiger partial charge in [0.2, 0.25) is 0 Å². The number of para-hydroxylation sites is 1. The summed E-state index contributed by atoms with van der Waals surface area (Å²) < 4.78 is 0. The van der Waals surface area contributed by atoms with Crippen LogP contribution in [0.2, 0.25) is 0 Å². The molecule has 0 aliphatic heterocycles. The van der Waals surface area contributed by atoms with Crippen molar-refractivity contribution in [1.29, 1.82) is 0 Å². The Balaban J connectivity index is 1.99. The number of hydrogen-bond acceptors (Lipinski definition) is 4. The van der Waals surface area contributed by atoms with E-state index in [1.807, 2.05) is 24.3 Å². The topological polar surface area (TPSA) is 82.5 Å². The zero-order valence-electron chi connectivity index (χ0n) is 13.1. The highest BCUT2D eigenvalue weighted by atomic mass is 16.3. The van der Waals surface area contributed by atoms with Crippen molar-refractivity contribution < 1.29 is 15.0 Å². The second kappa shape index (κ2) is 7.06. The number of aromatic nitrogens is 1. The Labute approximate surface area is 135 Å². The highest BCUT2D eigenvalue weighted by Gasteiger charge is 2.24. The number of fused-ring (bicyclic) bond motifs is 2. The Kier molecular flexibility index (Phi) is 4.88. The van der Waals surface area contributed by atoms with Crippen LogP contribution in [0.25, 0.3) is 10.9 Å². The van der Waals surface area contributed by atoms with Gasteiger partial charge >= 0.3 is 0 Å². The summed E-state index contributed by atoms with van der Waals surface area (Å²) in [6.45, 7) is -0.0275. The summed E-state index contributed by atoms with van der Waals surface area (Å²) >= 11 is 0. The number of amides is 1. The highest BCUT2D eigenvalue weighted by Crippen LogP contribution is 2.30. The van der Waals surface area contributed by atoms with Gasteiger partial charge in [-0.1, -0.05) is 18.2 Å². The van der Waals surface area contributed by atoms with Gasteiger partial charge in [-0.3, -0.25) is 9.78 Å². The second-order valence-electron chi connectivity index (χ2n) is 5.98. The predicted octanol–water partition coefficient (Wildman–Crippen LogP) is 1.59. The number of benzene rings is 1. The number of aliphatic hydroxyl groups excluding tert-OH is 2. The molecule has 0 atom stereocenters. The number of aryl methyl sites for hydroxylation is 1. The molecule has 23 heavy (non-hydrogen) atoms. The number of pyridine rings is 1. The quantitative estimate of drug-likeness (QED) is 0.756. The zero-order valence-corrected chi connectivity index (χ0v) is 13.1. The Morgan fingerprint density at radius 3 is 2.65 bits per heavy atom. The van der Waals surface area contributed by atoms with E-state index in [0.29, 0.717) is 18.4 Å². The van der Waals surface area contributed by atoms with Crippen LogP contribution in [0.3, 0.4) is 0 Å². The zero-order chi connectivity index (χ0) is 16.2. The minimum absolute atomic E-state index is 0.0137. The maximum Gasteiger partial charge on any atom is 0.252 e. The lowest BCUT2D eigenvalue weighted by Crippen LogP contribution is -2.37. The molecule has 1 aliphatic carbocycles. The summed E-state index contributed by atoms with van der Waals surface area (Å²) in [6, 6.07) is 7.49. The van der Waals surface area contributed by atoms with E-state index < -0.39 is 0 Å². The number of carbonyl (C=O) groups excluding carboxylic acids is 1. The minimum atomic E-state index is -0.221. The summed E-state index contributed by atoms with van der Waals surface area (Å²) in [7, 11) is 0. The van der Waals surface area contributed by atoms with E-state index in [4.69, 9.17) is 15.2 Å². The van der Waals surface area contributed by atoms with Gasteiger partial charge in [-0.25, -0.2) is 0 Å². The van der Waals surface area contributed by atoms with Crippen LogP contribution in [0.4, 0.5) is 0 Å². The molecule has 5 nitrogen and oxygen atoms in total. The fourth-order valence-corrected chi connectivity index (χ4v) is 3.33. The Morgan fingerprint density at radius 1 is 1.17 bits per heavy atom. The predicted molar refractivity (Wildman–Crippen MR) is 88.4 cm³/mol. The van der Waals surface area contributed by atoms with Crippen molar-refractivity contribution >= 4 is 16.8 Å². The third kappa shape index (κ3) is 3.21. The normalized spacial score (nSPS) is 13.5. The number of rotatable bonds is 6. The van der Waals surface area contributed by atoms with Crippen LogP contribution < -0.4 is 5.32 Å². The van der Waals surface area contributed by atoms with Crippen molar-refractivity contribution in [2.24, 2.45) is 0 Å². The number of nitrogens with zero attached hydrogens (tertiary/aromatic N) is 1. The third-order valence-corrected chi connectivity index (χ3v) is 4.44. The molecule has 1 heterocycles. The van der Waals surface area contributed by atoms with Gasteiger partial charge in [0.1, 0.15) is 0 Å². The molecule has 2 aromatic rings. The number of nitrogens with one attached hydrogen (secondary N) is 1. The molecule has 122 valence electrons. The van der Waals surface area contributed by atoms with E-state index in [9.17, 15) is 4.79 Å². The number of hydrogen-bond donors (Lipinski definition) is 3. The maximum absolute atomic E-state index is 12.9. The van der Waals surface area contributed by atoms with Crippen molar-refractivity contribution in [2.45, 2.75) is 38.1 Å². The lowest BCUT2D eigenvalue weighted by atomic mass is 9.99. The van der Waals surface area contributed by atoms with E-state index in [0.717, 1.165) is 41.4 Å². The summed E-state index contributed by atoms with van der Waals surface area (Å²) in [4.78, 5) is 17.6. The van der Waals surface area contributed by atoms with E-state index in [1.165, 1.54) is 0 Å². The lowest BCUT2D eigenvalue weighted by Gasteiger charge is -2.19. The van der Waals surface area contributed by atoms with Crippen molar-refractivity contribution in [3.05, 3.63) is 41.1 Å². The maximum atomic E-state index is 12.9. The lowest BCUT2D eigenvalue weighted by molar-refractivity contribution is 0.0923. The van der Waals surface area contributed by atoms with Gasteiger partial charge in [-0.05, 0) is 43.7 Å². The molecule has 3 N–H and O–H groups in total.